The lowest BCUT2D eigenvalue weighted by Gasteiger charge is -2.12. The second kappa shape index (κ2) is 7.24. The quantitative estimate of drug-likeness (QED) is 0.402. The molecule has 138 valence electrons. The molecule has 0 aliphatic carbocycles. The number of hydrogen-bond acceptors (Lipinski definition) is 2. The van der Waals surface area contributed by atoms with Gasteiger partial charge in [0.25, 0.3) is 0 Å². The Morgan fingerprint density at radius 1 is 0.607 bits per heavy atom. The Bertz CT molecular complexity index is 1070. The molecule has 2 heteroatoms. The van der Waals surface area contributed by atoms with E-state index in [0.717, 1.165) is 39.1 Å². The van der Waals surface area contributed by atoms with Gasteiger partial charge in [-0.15, -0.1) is 0 Å². The first-order chi connectivity index (χ1) is 13.5. The van der Waals surface area contributed by atoms with E-state index >= 15 is 0 Å². The van der Waals surface area contributed by atoms with E-state index in [9.17, 15) is 5.11 Å². The van der Waals surface area contributed by atoms with Crippen molar-refractivity contribution in [3.05, 3.63) is 96.1 Å². The van der Waals surface area contributed by atoms with Crippen LogP contribution in [-0.2, 0) is 0 Å². The largest absolute Gasteiger partial charge is 0.507 e. The standard InChI is InChI=1S/C26H23NO/c1-17-5-3-6-21(13-17)25-16-20(11-12-26(25)28)19-10-9-18(2)24(15-19)22-7-4-8-23(27)14-22/h3-16,28H,27H2,1-2H3. The van der Waals surface area contributed by atoms with Crippen molar-refractivity contribution >= 4 is 5.69 Å². The molecule has 4 aromatic carbocycles. The lowest BCUT2D eigenvalue weighted by Crippen LogP contribution is -1.89. The Morgan fingerprint density at radius 3 is 1.96 bits per heavy atom. The zero-order chi connectivity index (χ0) is 19.7. The minimum Gasteiger partial charge on any atom is -0.507 e. The van der Waals surface area contributed by atoms with Gasteiger partial charge >= 0.3 is 0 Å². The fourth-order valence-corrected chi connectivity index (χ4v) is 3.58. The van der Waals surface area contributed by atoms with Crippen LogP contribution >= 0.6 is 0 Å². The van der Waals surface area contributed by atoms with Gasteiger partial charge in [0.1, 0.15) is 5.75 Å². The summed E-state index contributed by atoms with van der Waals surface area (Å²) in [7, 11) is 0. The first-order valence-corrected chi connectivity index (χ1v) is 9.38. The van der Waals surface area contributed by atoms with Crippen molar-refractivity contribution in [3.8, 4) is 39.1 Å². The summed E-state index contributed by atoms with van der Waals surface area (Å²) in [5.41, 5.74) is 15.4. The van der Waals surface area contributed by atoms with Crippen molar-refractivity contribution in [3.63, 3.8) is 0 Å². The van der Waals surface area contributed by atoms with E-state index in [0.29, 0.717) is 0 Å². The number of phenolic OH excluding ortho intramolecular Hbond substituents is 1. The average molecular weight is 365 g/mol. The van der Waals surface area contributed by atoms with Crippen LogP contribution in [-0.4, -0.2) is 5.11 Å². The van der Waals surface area contributed by atoms with Crippen LogP contribution in [0.25, 0.3) is 33.4 Å². The Balaban J connectivity index is 1.82. The summed E-state index contributed by atoms with van der Waals surface area (Å²) in [6, 6.07) is 28.4. The van der Waals surface area contributed by atoms with E-state index in [-0.39, 0.29) is 5.75 Å². The van der Waals surface area contributed by atoms with Crippen molar-refractivity contribution < 1.29 is 5.11 Å². The number of phenols is 1. The van der Waals surface area contributed by atoms with E-state index in [1.807, 2.05) is 36.4 Å². The van der Waals surface area contributed by atoms with E-state index in [1.165, 1.54) is 11.1 Å². The second-order valence-electron chi connectivity index (χ2n) is 7.26. The zero-order valence-electron chi connectivity index (χ0n) is 16.1. The molecule has 0 radical (unpaired) electrons. The van der Waals surface area contributed by atoms with Gasteiger partial charge in [0.2, 0.25) is 0 Å². The Morgan fingerprint density at radius 2 is 1.25 bits per heavy atom. The molecule has 0 heterocycles. The fraction of sp³-hybridized carbons (Fsp3) is 0.0769. The van der Waals surface area contributed by atoms with Crippen molar-refractivity contribution in [2.24, 2.45) is 0 Å². The molecule has 0 amide bonds. The Kier molecular flexibility index (Phi) is 4.62. The SMILES string of the molecule is Cc1cccc(-c2cc(-c3ccc(C)c(-c4cccc(N)c4)c3)ccc2O)c1. The van der Waals surface area contributed by atoms with Crippen LogP contribution in [0.5, 0.6) is 5.75 Å². The third-order valence-electron chi connectivity index (χ3n) is 5.09. The maximum atomic E-state index is 10.4. The fourth-order valence-electron chi connectivity index (χ4n) is 3.58. The van der Waals surface area contributed by atoms with Crippen LogP contribution < -0.4 is 5.73 Å². The number of benzene rings is 4. The number of nitrogens with two attached hydrogens (primary N) is 1. The molecule has 2 nitrogen and oxygen atoms in total. The summed E-state index contributed by atoms with van der Waals surface area (Å²) in [6.45, 7) is 4.17. The molecule has 0 unspecified atom stereocenters. The number of nitrogen functional groups attached to an aromatic ring is 1. The number of rotatable bonds is 3. The molecule has 0 aliphatic rings. The van der Waals surface area contributed by atoms with Gasteiger partial charge < -0.3 is 10.8 Å². The molecule has 0 spiro atoms. The van der Waals surface area contributed by atoms with Gasteiger partial charge in [-0.3, -0.25) is 0 Å². The van der Waals surface area contributed by atoms with E-state index in [2.05, 4.69) is 56.3 Å². The minimum absolute atomic E-state index is 0.289. The molecule has 4 aromatic rings. The van der Waals surface area contributed by atoms with Crippen LogP contribution in [0.1, 0.15) is 11.1 Å². The number of hydrogen-bond donors (Lipinski definition) is 2. The molecule has 0 saturated carbocycles. The number of anilines is 1. The average Bonchev–Trinajstić information content (AvgIpc) is 2.69. The summed E-state index contributed by atoms with van der Waals surface area (Å²) >= 11 is 0. The monoisotopic (exact) mass is 365 g/mol. The van der Waals surface area contributed by atoms with Crippen molar-refractivity contribution in [2.45, 2.75) is 13.8 Å². The number of aryl methyl sites for hydroxylation is 2. The maximum absolute atomic E-state index is 10.4. The maximum Gasteiger partial charge on any atom is 0.123 e. The molecule has 0 aliphatic heterocycles. The van der Waals surface area contributed by atoms with Gasteiger partial charge in [-0.1, -0.05) is 60.2 Å². The summed E-state index contributed by atoms with van der Waals surface area (Å²) < 4.78 is 0. The van der Waals surface area contributed by atoms with E-state index < -0.39 is 0 Å². The normalized spacial score (nSPS) is 10.8. The molecule has 28 heavy (non-hydrogen) atoms. The highest BCUT2D eigenvalue weighted by molar-refractivity contribution is 5.81. The first-order valence-electron chi connectivity index (χ1n) is 9.38. The highest BCUT2D eigenvalue weighted by Gasteiger charge is 2.10. The molecular weight excluding hydrogens is 342 g/mol. The van der Waals surface area contributed by atoms with Crippen molar-refractivity contribution in [1.29, 1.82) is 0 Å². The predicted molar refractivity (Wildman–Crippen MR) is 118 cm³/mol. The van der Waals surface area contributed by atoms with Gasteiger partial charge in [-0.25, -0.2) is 0 Å². The Labute approximate surface area is 165 Å². The zero-order valence-corrected chi connectivity index (χ0v) is 16.1. The summed E-state index contributed by atoms with van der Waals surface area (Å²) in [4.78, 5) is 0. The van der Waals surface area contributed by atoms with Gasteiger partial charge in [0, 0.05) is 11.3 Å². The van der Waals surface area contributed by atoms with Gasteiger partial charge in [0.15, 0.2) is 0 Å². The topological polar surface area (TPSA) is 46.2 Å². The first kappa shape index (κ1) is 17.9. The highest BCUT2D eigenvalue weighted by atomic mass is 16.3. The Hall–Kier alpha value is -3.52. The molecule has 0 saturated heterocycles. The summed E-state index contributed by atoms with van der Waals surface area (Å²) in [5.74, 6) is 0.289. The predicted octanol–water partition coefficient (Wildman–Crippen LogP) is 6.59. The smallest absolute Gasteiger partial charge is 0.123 e. The summed E-state index contributed by atoms with van der Waals surface area (Å²) in [6.07, 6.45) is 0. The van der Waals surface area contributed by atoms with Crippen molar-refractivity contribution in [2.75, 3.05) is 5.73 Å². The molecule has 0 fully saturated rings. The highest BCUT2D eigenvalue weighted by Crippen LogP contribution is 2.36. The molecule has 0 bridgehead atoms. The third kappa shape index (κ3) is 3.49. The van der Waals surface area contributed by atoms with Crippen LogP contribution in [0.2, 0.25) is 0 Å². The third-order valence-corrected chi connectivity index (χ3v) is 5.09. The number of aromatic hydroxyl groups is 1. The van der Waals surface area contributed by atoms with Crippen LogP contribution in [0, 0.1) is 13.8 Å². The van der Waals surface area contributed by atoms with Gasteiger partial charge in [-0.2, -0.15) is 0 Å². The minimum atomic E-state index is 0.289. The summed E-state index contributed by atoms with van der Waals surface area (Å²) in [5, 5.41) is 10.4. The molecule has 4 rings (SSSR count). The van der Waals surface area contributed by atoms with Crippen LogP contribution in [0.3, 0.4) is 0 Å². The lowest BCUT2D eigenvalue weighted by atomic mass is 9.93. The second-order valence-corrected chi connectivity index (χ2v) is 7.26. The van der Waals surface area contributed by atoms with E-state index in [1.54, 1.807) is 6.07 Å². The molecule has 0 atom stereocenters. The van der Waals surface area contributed by atoms with Crippen LogP contribution in [0.4, 0.5) is 5.69 Å². The van der Waals surface area contributed by atoms with Crippen molar-refractivity contribution in [1.82, 2.24) is 0 Å². The lowest BCUT2D eigenvalue weighted by molar-refractivity contribution is 0.477. The van der Waals surface area contributed by atoms with E-state index in [4.69, 9.17) is 5.73 Å². The molecule has 0 aromatic heterocycles. The molecule has 3 N–H and O–H groups in total. The van der Waals surface area contributed by atoms with Gasteiger partial charge in [-0.05, 0) is 77.6 Å². The van der Waals surface area contributed by atoms with Gasteiger partial charge in [0.05, 0.1) is 0 Å². The molecular formula is C26H23NO. The van der Waals surface area contributed by atoms with Crippen LogP contribution in [0.15, 0.2) is 84.9 Å².